The lowest BCUT2D eigenvalue weighted by Gasteiger charge is -2.35. The van der Waals surface area contributed by atoms with E-state index in [1.165, 1.54) is 13.8 Å². The maximum Gasteiger partial charge on any atom is 0.322 e. The maximum atomic E-state index is 12.3. The summed E-state index contributed by atoms with van der Waals surface area (Å²) in [6, 6.07) is 0. The Balaban J connectivity index is 5.26. The van der Waals surface area contributed by atoms with Crippen LogP contribution in [-0.4, -0.2) is 49.2 Å². The third-order valence-electron chi connectivity index (χ3n) is 3.54. The average Bonchev–Trinajstić information content (AvgIpc) is 2.46. The highest BCUT2D eigenvalue weighted by molar-refractivity contribution is 5.97. The molecule has 0 aromatic rings. The monoisotopic (exact) mass is 359 g/mol. The molecule has 1 N–H and O–H groups in total. The fraction of sp³-hybridized carbons (Fsp3) is 0.765. The SMILES string of the molecule is CCOC(=O)C(C(=O)OCC)C(C)(CCCCOC(C)=O)NC(C)=O. The standard InChI is InChI=1S/C17H29NO7/c1-6-23-15(21)14(16(22)24-7-2)17(5,18-12(3)19)10-8-9-11-25-13(4)20/h14H,6-11H2,1-5H3,(H,18,19). The number of hydrogen-bond donors (Lipinski definition) is 1. The van der Waals surface area contributed by atoms with Crippen LogP contribution < -0.4 is 5.32 Å². The van der Waals surface area contributed by atoms with Crippen LogP contribution in [0.3, 0.4) is 0 Å². The zero-order valence-corrected chi connectivity index (χ0v) is 15.7. The molecule has 8 nitrogen and oxygen atoms in total. The Morgan fingerprint density at radius 3 is 1.84 bits per heavy atom. The van der Waals surface area contributed by atoms with Gasteiger partial charge in [0.05, 0.1) is 25.4 Å². The maximum absolute atomic E-state index is 12.3. The van der Waals surface area contributed by atoms with E-state index in [0.717, 1.165) is 0 Å². The van der Waals surface area contributed by atoms with Gasteiger partial charge in [-0.25, -0.2) is 0 Å². The van der Waals surface area contributed by atoms with Crippen LogP contribution in [-0.2, 0) is 33.4 Å². The first-order valence-corrected chi connectivity index (χ1v) is 8.43. The number of carbonyl (C=O) groups excluding carboxylic acids is 4. The summed E-state index contributed by atoms with van der Waals surface area (Å²) >= 11 is 0. The van der Waals surface area contributed by atoms with Gasteiger partial charge in [-0.05, 0) is 40.0 Å². The normalized spacial score (nSPS) is 12.9. The van der Waals surface area contributed by atoms with Gasteiger partial charge in [0.2, 0.25) is 5.91 Å². The summed E-state index contributed by atoms with van der Waals surface area (Å²) in [6.45, 7) is 7.95. The van der Waals surface area contributed by atoms with E-state index >= 15 is 0 Å². The van der Waals surface area contributed by atoms with Crippen molar-refractivity contribution in [3.8, 4) is 0 Å². The molecule has 1 amide bonds. The lowest BCUT2D eigenvalue weighted by Crippen LogP contribution is -2.57. The second-order valence-corrected chi connectivity index (χ2v) is 5.83. The molecule has 0 rings (SSSR count). The molecule has 0 saturated carbocycles. The first-order chi connectivity index (χ1) is 11.7. The molecule has 0 radical (unpaired) electrons. The molecule has 0 bridgehead atoms. The minimum Gasteiger partial charge on any atom is -0.466 e. The topological polar surface area (TPSA) is 108 Å². The van der Waals surface area contributed by atoms with E-state index in [0.29, 0.717) is 19.3 Å². The first kappa shape index (κ1) is 22.9. The van der Waals surface area contributed by atoms with Crippen molar-refractivity contribution in [3.63, 3.8) is 0 Å². The molecular weight excluding hydrogens is 330 g/mol. The largest absolute Gasteiger partial charge is 0.466 e. The van der Waals surface area contributed by atoms with E-state index in [-0.39, 0.29) is 31.7 Å². The van der Waals surface area contributed by atoms with Gasteiger partial charge in [-0.1, -0.05) is 0 Å². The number of unbranched alkanes of at least 4 members (excludes halogenated alkanes) is 1. The molecule has 0 saturated heterocycles. The number of amides is 1. The van der Waals surface area contributed by atoms with Crippen LogP contribution >= 0.6 is 0 Å². The zero-order valence-electron chi connectivity index (χ0n) is 15.7. The van der Waals surface area contributed by atoms with E-state index in [1.54, 1.807) is 20.8 Å². The molecule has 0 aliphatic heterocycles. The highest BCUT2D eigenvalue weighted by Crippen LogP contribution is 2.27. The van der Waals surface area contributed by atoms with Crippen molar-refractivity contribution in [2.45, 2.75) is 59.4 Å². The number of esters is 3. The first-order valence-electron chi connectivity index (χ1n) is 8.43. The van der Waals surface area contributed by atoms with Crippen molar-refractivity contribution in [1.82, 2.24) is 5.32 Å². The average molecular weight is 359 g/mol. The Bertz CT molecular complexity index is 460. The molecule has 0 aromatic heterocycles. The molecule has 0 aliphatic rings. The summed E-state index contributed by atoms with van der Waals surface area (Å²) in [6.07, 6.45) is 1.38. The summed E-state index contributed by atoms with van der Waals surface area (Å²) in [5.41, 5.74) is -1.17. The molecular formula is C17H29NO7. The summed E-state index contributed by atoms with van der Waals surface area (Å²) < 4.78 is 14.9. The number of ether oxygens (including phenoxy) is 3. The Kier molecular flexibility index (Phi) is 10.5. The van der Waals surface area contributed by atoms with Crippen LogP contribution in [0.1, 0.15) is 53.9 Å². The van der Waals surface area contributed by atoms with Crippen molar-refractivity contribution >= 4 is 23.8 Å². The van der Waals surface area contributed by atoms with E-state index in [2.05, 4.69) is 5.32 Å². The van der Waals surface area contributed by atoms with Crippen molar-refractivity contribution in [1.29, 1.82) is 0 Å². The Morgan fingerprint density at radius 1 is 0.920 bits per heavy atom. The smallest absolute Gasteiger partial charge is 0.322 e. The summed E-state index contributed by atoms with van der Waals surface area (Å²) in [5, 5.41) is 2.69. The lowest BCUT2D eigenvalue weighted by atomic mass is 9.81. The second-order valence-electron chi connectivity index (χ2n) is 5.83. The summed E-state index contributed by atoms with van der Waals surface area (Å²) in [7, 11) is 0. The van der Waals surface area contributed by atoms with Gasteiger partial charge in [0, 0.05) is 13.8 Å². The Morgan fingerprint density at radius 2 is 1.44 bits per heavy atom. The van der Waals surface area contributed by atoms with Gasteiger partial charge in [-0.15, -0.1) is 0 Å². The molecule has 1 unspecified atom stereocenters. The van der Waals surface area contributed by atoms with Crippen molar-refractivity contribution in [2.24, 2.45) is 5.92 Å². The molecule has 0 aromatic carbocycles. The minimum absolute atomic E-state index is 0.108. The van der Waals surface area contributed by atoms with E-state index < -0.39 is 23.4 Å². The minimum atomic E-state index is -1.27. The fourth-order valence-corrected chi connectivity index (χ4v) is 2.56. The third kappa shape index (κ3) is 8.51. The highest BCUT2D eigenvalue weighted by atomic mass is 16.6. The van der Waals surface area contributed by atoms with Gasteiger partial charge in [0.15, 0.2) is 5.92 Å². The van der Waals surface area contributed by atoms with Crippen LogP contribution in [0.5, 0.6) is 0 Å². The van der Waals surface area contributed by atoms with Crippen LogP contribution in [0.4, 0.5) is 0 Å². The quantitative estimate of drug-likeness (QED) is 0.257. The van der Waals surface area contributed by atoms with E-state index in [1.807, 2.05) is 0 Å². The van der Waals surface area contributed by atoms with Crippen LogP contribution in [0.25, 0.3) is 0 Å². The van der Waals surface area contributed by atoms with Crippen LogP contribution in [0, 0.1) is 5.92 Å². The van der Waals surface area contributed by atoms with Gasteiger partial charge >= 0.3 is 17.9 Å². The molecule has 144 valence electrons. The number of nitrogens with one attached hydrogen (secondary N) is 1. The van der Waals surface area contributed by atoms with E-state index in [9.17, 15) is 19.2 Å². The summed E-state index contributed by atoms with van der Waals surface area (Å²) in [5.74, 6) is -3.50. The lowest BCUT2D eigenvalue weighted by molar-refractivity contribution is -0.166. The molecule has 25 heavy (non-hydrogen) atoms. The molecule has 1 atom stereocenters. The number of carbonyl (C=O) groups is 4. The Labute approximate surface area is 148 Å². The fourth-order valence-electron chi connectivity index (χ4n) is 2.56. The van der Waals surface area contributed by atoms with Gasteiger partial charge in [-0.3, -0.25) is 19.2 Å². The van der Waals surface area contributed by atoms with E-state index in [4.69, 9.17) is 14.2 Å². The van der Waals surface area contributed by atoms with Crippen molar-refractivity contribution in [3.05, 3.63) is 0 Å². The zero-order chi connectivity index (χ0) is 19.5. The Hall–Kier alpha value is -2.12. The van der Waals surface area contributed by atoms with Crippen molar-refractivity contribution < 1.29 is 33.4 Å². The molecule has 8 heteroatoms. The van der Waals surface area contributed by atoms with Crippen LogP contribution in [0.15, 0.2) is 0 Å². The molecule has 0 fully saturated rings. The van der Waals surface area contributed by atoms with Gasteiger partial charge in [0.1, 0.15) is 0 Å². The summed E-state index contributed by atoms with van der Waals surface area (Å²) in [4.78, 5) is 47.0. The predicted octanol–water partition coefficient (Wildman–Crippen LogP) is 1.36. The molecule has 0 aliphatic carbocycles. The second kappa shape index (κ2) is 11.4. The number of hydrogen-bond acceptors (Lipinski definition) is 7. The van der Waals surface area contributed by atoms with Gasteiger partial charge in [-0.2, -0.15) is 0 Å². The van der Waals surface area contributed by atoms with Gasteiger partial charge < -0.3 is 19.5 Å². The van der Waals surface area contributed by atoms with Crippen molar-refractivity contribution in [2.75, 3.05) is 19.8 Å². The third-order valence-corrected chi connectivity index (χ3v) is 3.54. The highest BCUT2D eigenvalue weighted by Gasteiger charge is 2.46. The predicted molar refractivity (Wildman–Crippen MR) is 89.5 cm³/mol. The molecule has 0 spiro atoms. The van der Waals surface area contributed by atoms with Gasteiger partial charge in [0.25, 0.3) is 0 Å². The van der Waals surface area contributed by atoms with Crippen LogP contribution in [0.2, 0.25) is 0 Å². The molecule has 0 heterocycles. The number of rotatable bonds is 11.